The van der Waals surface area contributed by atoms with Gasteiger partial charge in [-0.25, -0.2) is 17.9 Å². The minimum absolute atomic E-state index is 0.0176. The van der Waals surface area contributed by atoms with Crippen molar-refractivity contribution in [1.82, 2.24) is 14.9 Å². The van der Waals surface area contributed by atoms with E-state index >= 15 is 0 Å². The molecule has 0 atom stereocenters. The number of likely N-dealkylation sites (tertiary alicyclic amines) is 1. The van der Waals surface area contributed by atoms with Crippen molar-refractivity contribution in [3.8, 4) is 0 Å². The molecule has 8 heteroatoms. The number of amides is 2. The summed E-state index contributed by atoms with van der Waals surface area (Å²) in [5.41, 5.74) is 0. The van der Waals surface area contributed by atoms with Crippen LogP contribution in [-0.2, 0) is 10.0 Å². The monoisotopic (exact) mass is 399 g/mol. The number of carbonyl (C=O) groups excluding carboxylic acids is 1. The van der Waals surface area contributed by atoms with Gasteiger partial charge in [0.15, 0.2) is 0 Å². The molecule has 0 unspecified atom stereocenters. The van der Waals surface area contributed by atoms with Crippen LogP contribution in [0, 0.1) is 5.92 Å². The third kappa shape index (κ3) is 5.44. The summed E-state index contributed by atoms with van der Waals surface area (Å²) < 4.78 is 27.6. The smallest absolute Gasteiger partial charge is 0.317 e. The zero-order chi connectivity index (χ0) is 18.4. The molecule has 146 valence electrons. The normalized spacial score (nSPS) is 19.8. The molecule has 0 aromatic carbocycles. The maximum atomic E-state index is 12.3. The van der Waals surface area contributed by atoms with E-state index in [0.717, 1.165) is 18.9 Å². The fraction of sp³-hybridized carbons (Fsp3) is 0.722. The van der Waals surface area contributed by atoms with Crippen molar-refractivity contribution in [1.29, 1.82) is 0 Å². The molecule has 1 aromatic rings. The van der Waals surface area contributed by atoms with E-state index in [1.807, 2.05) is 0 Å². The van der Waals surface area contributed by atoms with E-state index in [4.69, 9.17) is 0 Å². The molecule has 3 rings (SSSR count). The first-order valence-electron chi connectivity index (χ1n) is 9.63. The van der Waals surface area contributed by atoms with Gasteiger partial charge in [-0.3, -0.25) is 0 Å². The fourth-order valence-electron chi connectivity index (χ4n) is 3.89. The number of nitrogens with zero attached hydrogens (tertiary/aromatic N) is 1. The summed E-state index contributed by atoms with van der Waals surface area (Å²) in [5.74, 6) is 0.860. The van der Waals surface area contributed by atoms with Gasteiger partial charge in [0, 0.05) is 25.7 Å². The van der Waals surface area contributed by atoms with Crippen LogP contribution in [-0.4, -0.2) is 45.0 Å². The largest absolute Gasteiger partial charge is 0.338 e. The second-order valence-corrected chi connectivity index (χ2v) is 10.2. The van der Waals surface area contributed by atoms with E-state index in [1.54, 1.807) is 22.4 Å². The highest BCUT2D eigenvalue weighted by Crippen LogP contribution is 2.28. The van der Waals surface area contributed by atoms with Gasteiger partial charge in [-0.1, -0.05) is 31.7 Å². The molecule has 2 heterocycles. The summed E-state index contributed by atoms with van der Waals surface area (Å²) in [6.45, 7) is 1.92. The SMILES string of the molecule is O=C(NCCCC1CCCC1)N1CCC(NS(=O)(=O)c2cccs2)CC1. The van der Waals surface area contributed by atoms with E-state index in [0.29, 0.717) is 30.1 Å². The third-order valence-electron chi connectivity index (χ3n) is 5.40. The lowest BCUT2D eigenvalue weighted by molar-refractivity contribution is 0.179. The van der Waals surface area contributed by atoms with Gasteiger partial charge in [-0.05, 0) is 43.0 Å². The van der Waals surface area contributed by atoms with Crippen LogP contribution in [0.5, 0.6) is 0 Å². The number of nitrogens with one attached hydrogen (secondary N) is 2. The molecule has 2 aliphatic rings. The highest BCUT2D eigenvalue weighted by molar-refractivity contribution is 7.91. The first-order chi connectivity index (χ1) is 12.5. The molecule has 1 saturated heterocycles. The van der Waals surface area contributed by atoms with Crippen molar-refractivity contribution in [2.45, 2.75) is 61.6 Å². The molecule has 0 spiro atoms. The number of sulfonamides is 1. The number of piperidine rings is 1. The zero-order valence-corrected chi connectivity index (χ0v) is 16.8. The van der Waals surface area contributed by atoms with Crippen molar-refractivity contribution in [2.24, 2.45) is 5.92 Å². The number of hydrogen-bond acceptors (Lipinski definition) is 4. The van der Waals surface area contributed by atoms with Crippen molar-refractivity contribution in [2.75, 3.05) is 19.6 Å². The molecule has 0 radical (unpaired) electrons. The number of hydrogen-bond donors (Lipinski definition) is 2. The van der Waals surface area contributed by atoms with Gasteiger partial charge in [0.1, 0.15) is 4.21 Å². The minimum atomic E-state index is -3.43. The lowest BCUT2D eigenvalue weighted by Crippen LogP contribution is -2.49. The second kappa shape index (κ2) is 9.19. The second-order valence-electron chi connectivity index (χ2n) is 7.34. The molecular weight excluding hydrogens is 370 g/mol. The molecule has 2 amide bonds. The number of rotatable bonds is 7. The van der Waals surface area contributed by atoms with Crippen LogP contribution in [0.2, 0.25) is 0 Å². The Bertz CT molecular complexity index is 662. The zero-order valence-electron chi connectivity index (χ0n) is 15.2. The van der Waals surface area contributed by atoms with Crippen LogP contribution in [0.15, 0.2) is 21.7 Å². The number of urea groups is 1. The van der Waals surface area contributed by atoms with Gasteiger partial charge in [0.05, 0.1) is 0 Å². The summed E-state index contributed by atoms with van der Waals surface area (Å²) in [7, 11) is -3.43. The predicted molar refractivity (Wildman–Crippen MR) is 104 cm³/mol. The minimum Gasteiger partial charge on any atom is -0.338 e. The highest BCUT2D eigenvalue weighted by atomic mass is 32.2. The Hall–Kier alpha value is -1.12. The topological polar surface area (TPSA) is 78.5 Å². The van der Waals surface area contributed by atoms with Crippen molar-refractivity contribution >= 4 is 27.4 Å². The van der Waals surface area contributed by atoms with Crippen LogP contribution >= 0.6 is 11.3 Å². The Morgan fingerprint density at radius 1 is 1.19 bits per heavy atom. The van der Waals surface area contributed by atoms with E-state index in [1.165, 1.54) is 43.4 Å². The summed E-state index contributed by atoms with van der Waals surface area (Å²) >= 11 is 1.22. The Balaban J connectivity index is 1.34. The van der Waals surface area contributed by atoms with Crippen molar-refractivity contribution < 1.29 is 13.2 Å². The average Bonchev–Trinajstić information content (AvgIpc) is 3.32. The Morgan fingerprint density at radius 2 is 1.92 bits per heavy atom. The first kappa shape index (κ1) is 19.6. The predicted octanol–water partition coefficient (Wildman–Crippen LogP) is 3.17. The van der Waals surface area contributed by atoms with Gasteiger partial charge < -0.3 is 10.2 Å². The Labute approximate surface area is 160 Å². The fourth-order valence-corrected chi connectivity index (χ4v) is 6.21. The van der Waals surface area contributed by atoms with Crippen LogP contribution < -0.4 is 10.0 Å². The van der Waals surface area contributed by atoms with Crippen LogP contribution in [0.1, 0.15) is 51.4 Å². The van der Waals surface area contributed by atoms with Crippen molar-refractivity contribution in [3.05, 3.63) is 17.5 Å². The lowest BCUT2D eigenvalue weighted by atomic mass is 10.0. The molecular formula is C18H29N3O3S2. The third-order valence-corrected chi connectivity index (χ3v) is 8.32. The number of carbonyl (C=O) groups is 1. The average molecular weight is 400 g/mol. The first-order valence-corrected chi connectivity index (χ1v) is 12.0. The van der Waals surface area contributed by atoms with Crippen LogP contribution in [0.3, 0.4) is 0 Å². The van der Waals surface area contributed by atoms with Gasteiger partial charge in [-0.15, -0.1) is 11.3 Å². The lowest BCUT2D eigenvalue weighted by Gasteiger charge is -2.32. The van der Waals surface area contributed by atoms with E-state index < -0.39 is 10.0 Å². The molecule has 1 aromatic heterocycles. The van der Waals surface area contributed by atoms with Gasteiger partial charge in [-0.2, -0.15) is 0 Å². The molecule has 0 bridgehead atoms. The molecule has 2 N–H and O–H groups in total. The molecule has 2 fully saturated rings. The maximum absolute atomic E-state index is 12.3. The maximum Gasteiger partial charge on any atom is 0.317 e. The van der Waals surface area contributed by atoms with Gasteiger partial charge >= 0.3 is 6.03 Å². The van der Waals surface area contributed by atoms with E-state index in [-0.39, 0.29) is 12.1 Å². The molecule has 1 aliphatic carbocycles. The van der Waals surface area contributed by atoms with Crippen molar-refractivity contribution in [3.63, 3.8) is 0 Å². The number of thiophene rings is 1. The van der Waals surface area contributed by atoms with E-state index in [2.05, 4.69) is 10.0 Å². The summed E-state index contributed by atoms with van der Waals surface area (Å²) in [6, 6.07) is 3.23. The molecule has 1 aliphatic heterocycles. The Kier molecular flexibility index (Phi) is 6.94. The highest BCUT2D eigenvalue weighted by Gasteiger charge is 2.27. The van der Waals surface area contributed by atoms with Crippen LogP contribution in [0.25, 0.3) is 0 Å². The van der Waals surface area contributed by atoms with E-state index in [9.17, 15) is 13.2 Å². The summed E-state index contributed by atoms with van der Waals surface area (Å²) in [4.78, 5) is 14.0. The standard InChI is InChI=1S/C18H29N3O3S2/c22-18(19-11-3-7-15-5-1-2-6-15)21-12-9-16(10-13-21)20-26(23,24)17-8-4-14-25-17/h4,8,14-16,20H,1-3,5-7,9-13H2,(H,19,22). The molecule has 26 heavy (non-hydrogen) atoms. The quantitative estimate of drug-likeness (QED) is 0.691. The summed E-state index contributed by atoms with van der Waals surface area (Å²) in [6.07, 6.45) is 9.00. The molecule has 6 nitrogen and oxygen atoms in total. The van der Waals surface area contributed by atoms with Crippen LogP contribution in [0.4, 0.5) is 4.79 Å². The Morgan fingerprint density at radius 3 is 2.58 bits per heavy atom. The van der Waals surface area contributed by atoms with Gasteiger partial charge in [0.25, 0.3) is 0 Å². The molecule has 1 saturated carbocycles. The summed E-state index contributed by atoms with van der Waals surface area (Å²) in [5, 5.41) is 4.77. The van der Waals surface area contributed by atoms with Gasteiger partial charge in [0.2, 0.25) is 10.0 Å².